The van der Waals surface area contributed by atoms with Crippen LogP contribution < -0.4 is 5.73 Å². The normalized spacial score (nSPS) is 12.4. The standard InChI is InChI=1S/C12H13N3O/c1-8-4-2-6-14-10(8)11(16)9-5-3-7-15-12(9)13/h2-7,11,16H,1H3,(H2,13,15). The lowest BCUT2D eigenvalue weighted by molar-refractivity contribution is 0.215. The molecule has 0 aliphatic heterocycles. The molecular formula is C12H13N3O. The van der Waals surface area contributed by atoms with Crippen molar-refractivity contribution < 1.29 is 5.11 Å². The maximum absolute atomic E-state index is 10.2. The number of nitrogen functional groups attached to an aromatic ring is 1. The van der Waals surface area contributed by atoms with Crippen molar-refractivity contribution in [2.24, 2.45) is 0 Å². The summed E-state index contributed by atoms with van der Waals surface area (Å²) in [5, 5.41) is 10.2. The SMILES string of the molecule is Cc1cccnc1C(O)c1cccnc1N. The van der Waals surface area contributed by atoms with E-state index in [0.29, 0.717) is 17.1 Å². The van der Waals surface area contributed by atoms with Gasteiger partial charge in [0.05, 0.1) is 5.69 Å². The molecule has 0 amide bonds. The van der Waals surface area contributed by atoms with Gasteiger partial charge in [-0.25, -0.2) is 4.98 Å². The molecule has 16 heavy (non-hydrogen) atoms. The zero-order valence-corrected chi connectivity index (χ0v) is 8.96. The fraction of sp³-hybridized carbons (Fsp3) is 0.167. The Morgan fingerprint density at radius 2 is 1.88 bits per heavy atom. The molecule has 2 aromatic rings. The Labute approximate surface area is 93.8 Å². The van der Waals surface area contributed by atoms with Crippen molar-refractivity contribution >= 4 is 5.82 Å². The Balaban J connectivity index is 2.44. The predicted molar refractivity (Wildman–Crippen MR) is 61.7 cm³/mol. The van der Waals surface area contributed by atoms with Gasteiger partial charge in [0.25, 0.3) is 0 Å². The summed E-state index contributed by atoms with van der Waals surface area (Å²) >= 11 is 0. The number of rotatable bonds is 2. The molecule has 0 aliphatic rings. The predicted octanol–water partition coefficient (Wildman–Crippen LogP) is 1.45. The van der Waals surface area contributed by atoms with Crippen LogP contribution in [0.4, 0.5) is 5.82 Å². The monoisotopic (exact) mass is 215 g/mol. The lowest BCUT2D eigenvalue weighted by atomic mass is 10.0. The largest absolute Gasteiger partial charge is 0.383 e. The molecule has 0 spiro atoms. The number of aryl methyl sites for hydroxylation is 1. The van der Waals surface area contributed by atoms with Gasteiger partial charge in [-0.1, -0.05) is 12.1 Å². The fourth-order valence-electron chi connectivity index (χ4n) is 1.59. The number of aromatic nitrogens is 2. The average molecular weight is 215 g/mol. The third-order valence-corrected chi connectivity index (χ3v) is 2.47. The number of pyridine rings is 2. The molecule has 1 unspecified atom stereocenters. The van der Waals surface area contributed by atoms with Crippen molar-refractivity contribution in [3.8, 4) is 0 Å². The van der Waals surface area contributed by atoms with Gasteiger partial charge < -0.3 is 10.8 Å². The van der Waals surface area contributed by atoms with Crippen molar-refractivity contribution in [2.75, 3.05) is 5.73 Å². The van der Waals surface area contributed by atoms with Gasteiger partial charge in [-0.2, -0.15) is 0 Å². The molecule has 0 radical (unpaired) electrons. The van der Waals surface area contributed by atoms with Crippen LogP contribution in [0.25, 0.3) is 0 Å². The Bertz CT molecular complexity index is 454. The van der Waals surface area contributed by atoms with Gasteiger partial charge in [0.15, 0.2) is 0 Å². The first-order valence-corrected chi connectivity index (χ1v) is 5.00. The van der Waals surface area contributed by atoms with Gasteiger partial charge in [0.1, 0.15) is 11.9 Å². The number of hydrogen-bond acceptors (Lipinski definition) is 4. The van der Waals surface area contributed by atoms with Gasteiger partial charge in [-0.15, -0.1) is 0 Å². The van der Waals surface area contributed by atoms with Crippen LogP contribution in [0, 0.1) is 6.92 Å². The number of anilines is 1. The number of nitrogens with zero attached hydrogens (tertiary/aromatic N) is 2. The van der Waals surface area contributed by atoms with Gasteiger partial charge in [0, 0.05) is 18.0 Å². The topological polar surface area (TPSA) is 72.0 Å². The third-order valence-electron chi connectivity index (χ3n) is 2.47. The lowest BCUT2D eigenvalue weighted by Gasteiger charge is -2.13. The summed E-state index contributed by atoms with van der Waals surface area (Å²) in [5.74, 6) is 0.333. The van der Waals surface area contributed by atoms with Crippen LogP contribution in [-0.4, -0.2) is 15.1 Å². The average Bonchev–Trinajstić information content (AvgIpc) is 2.29. The second kappa shape index (κ2) is 4.28. The molecule has 82 valence electrons. The molecule has 0 saturated heterocycles. The molecule has 4 nitrogen and oxygen atoms in total. The molecule has 4 heteroatoms. The summed E-state index contributed by atoms with van der Waals surface area (Å²) in [7, 11) is 0. The first kappa shape index (κ1) is 10.6. The quantitative estimate of drug-likeness (QED) is 0.795. The summed E-state index contributed by atoms with van der Waals surface area (Å²) in [6.07, 6.45) is 2.42. The van der Waals surface area contributed by atoms with Crippen molar-refractivity contribution in [3.05, 3.63) is 53.5 Å². The summed E-state index contributed by atoms with van der Waals surface area (Å²) in [6.45, 7) is 1.90. The van der Waals surface area contributed by atoms with E-state index in [1.165, 1.54) is 0 Å². The highest BCUT2D eigenvalue weighted by atomic mass is 16.3. The summed E-state index contributed by atoms with van der Waals surface area (Å²) in [6, 6.07) is 7.23. The number of hydrogen-bond donors (Lipinski definition) is 2. The van der Waals surface area contributed by atoms with Gasteiger partial charge in [0.2, 0.25) is 0 Å². The van der Waals surface area contributed by atoms with E-state index < -0.39 is 6.10 Å². The van der Waals surface area contributed by atoms with E-state index in [2.05, 4.69) is 9.97 Å². The van der Waals surface area contributed by atoms with Crippen molar-refractivity contribution in [3.63, 3.8) is 0 Å². The van der Waals surface area contributed by atoms with Crippen molar-refractivity contribution in [1.29, 1.82) is 0 Å². The molecule has 1 atom stereocenters. The maximum Gasteiger partial charge on any atom is 0.129 e. The van der Waals surface area contributed by atoms with E-state index in [4.69, 9.17) is 5.73 Å². The maximum atomic E-state index is 10.2. The molecule has 0 bridgehead atoms. The minimum Gasteiger partial charge on any atom is -0.383 e. The molecule has 0 saturated carbocycles. The molecule has 3 N–H and O–H groups in total. The zero-order chi connectivity index (χ0) is 11.5. The Hall–Kier alpha value is -1.94. The van der Waals surface area contributed by atoms with Gasteiger partial charge in [-0.3, -0.25) is 4.98 Å². The highest BCUT2D eigenvalue weighted by Crippen LogP contribution is 2.25. The third kappa shape index (κ3) is 1.87. The minimum atomic E-state index is -0.824. The lowest BCUT2D eigenvalue weighted by Crippen LogP contribution is -2.08. The number of nitrogens with two attached hydrogens (primary N) is 1. The number of aliphatic hydroxyl groups excluding tert-OH is 1. The Kier molecular flexibility index (Phi) is 2.83. The zero-order valence-electron chi connectivity index (χ0n) is 8.96. The molecule has 2 rings (SSSR count). The summed E-state index contributed by atoms with van der Waals surface area (Å²) < 4.78 is 0. The van der Waals surface area contributed by atoms with E-state index in [9.17, 15) is 5.11 Å². The first-order chi connectivity index (χ1) is 7.70. The smallest absolute Gasteiger partial charge is 0.129 e. The van der Waals surface area contributed by atoms with Crippen LogP contribution in [0.3, 0.4) is 0 Å². The fourth-order valence-corrected chi connectivity index (χ4v) is 1.59. The van der Waals surface area contributed by atoms with E-state index in [1.54, 1.807) is 24.5 Å². The Morgan fingerprint density at radius 3 is 2.56 bits per heavy atom. The second-order valence-corrected chi connectivity index (χ2v) is 3.59. The highest BCUT2D eigenvalue weighted by Gasteiger charge is 2.16. The minimum absolute atomic E-state index is 0.333. The highest BCUT2D eigenvalue weighted by molar-refractivity contribution is 5.44. The van der Waals surface area contributed by atoms with Crippen molar-refractivity contribution in [2.45, 2.75) is 13.0 Å². The molecule has 0 fully saturated rings. The van der Waals surface area contributed by atoms with Gasteiger partial charge >= 0.3 is 0 Å². The van der Waals surface area contributed by atoms with Crippen LogP contribution in [0.1, 0.15) is 22.9 Å². The molecular weight excluding hydrogens is 202 g/mol. The van der Waals surface area contributed by atoms with Crippen LogP contribution in [0.5, 0.6) is 0 Å². The van der Waals surface area contributed by atoms with Crippen molar-refractivity contribution in [1.82, 2.24) is 9.97 Å². The summed E-state index contributed by atoms with van der Waals surface area (Å²) in [5.41, 5.74) is 7.84. The van der Waals surface area contributed by atoms with Crippen LogP contribution in [0.2, 0.25) is 0 Å². The first-order valence-electron chi connectivity index (χ1n) is 5.00. The van der Waals surface area contributed by atoms with Crippen LogP contribution in [0.15, 0.2) is 36.7 Å². The van der Waals surface area contributed by atoms with E-state index >= 15 is 0 Å². The summed E-state index contributed by atoms with van der Waals surface area (Å²) in [4.78, 5) is 8.11. The van der Waals surface area contributed by atoms with Crippen LogP contribution >= 0.6 is 0 Å². The van der Waals surface area contributed by atoms with Crippen LogP contribution in [-0.2, 0) is 0 Å². The second-order valence-electron chi connectivity index (χ2n) is 3.59. The molecule has 0 aliphatic carbocycles. The van der Waals surface area contributed by atoms with E-state index in [0.717, 1.165) is 5.56 Å². The number of aliphatic hydroxyl groups is 1. The Morgan fingerprint density at radius 1 is 1.19 bits per heavy atom. The molecule has 2 heterocycles. The van der Waals surface area contributed by atoms with E-state index in [1.807, 2.05) is 19.1 Å². The molecule has 2 aromatic heterocycles. The molecule has 0 aromatic carbocycles. The van der Waals surface area contributed by atoms with E-state index in [-0.39, 0.29) is 0 Å². The van der Waals surface area contributed by atoms with Gasteiger partial charge in [-0.05, 0) is 24.6 Å².